The molecule has 10 heteroatoms. The predicted octanol–water partition coefficient (Wildman–Crippen LogP) is 6.29. The van der Waals surface area contributed by atoms with E-state index in [1.54, 1.807) is 30.3 Å². The number of hydrogen-bond donors (Lipinski definition) is 0. The van der Waals surface area contributed by atoms with Crippen molar-refractivity contribution in [1.82, 2.24) is 19.6 Å². The average Bonchev–Trinajstić information content (AvgIpc) is 3.23. The maximum Gasteiger partial charge on any atom is 0.288 e. The van der Waals surface area contributed by atoms with Crippen molar-refractivity contribution in [2.24, 2.45) is 5.11 Å². The fourth-order valence-electron chi connectivity index (χ4n) is 4.23. The molecule has 184 valence electrons. The van der Waals surface area contributed by atoms with Crippen molar-refractivity contribution >= 4 is 29.1 Å². The highest BCUT2D eigenvalue weighted by Gasteiger charge is 2.28. The van der Waals surface area contributed by atoms with Crippen LogP contribution >= 0.6 is 23.2 Å². The molecule has 1 aliphatic rings. The largest absolute Gasteiger partial charge is 0.296 e. The molecule has 0 aliphatic carbocycles. The molecule has 1 aliphatic heterocycles. The second-order valence-electron chi connectivity index (χ2n) is 8.41. The van der Waals surface area contributed by atoms with Crippen molar-refractivity contribution in [1.29, 1.82) is 0 Å². The number of hydrazine groups is 1. The summed E-state index contributed by atoms with van der Waals surface area (Å²) in [7, 11) is 1.80. The summed E-state index contributed by atoms with van der Waals surface area (Å²) in [5, 5.41) is 8.13. The summed E-state index contributed by atoms with van der Waals surface area (Å²) >= 11 is 12.7. The summed E-state index contributed by atoms with van der Waals surface area (Å²) in [5.41, 5.74) is 11.7. The fourth-order valence-corrected chi connectivity index (χ4v) is 4.73. The molecule has 0 bridgehead atoms. The number of hydrogen-bond acceptors (Lipinski definition) is 4. The summed E-state index contributed by atoms with van der Waals surface area (Å²) in [5.74, 6) is 6.16. The number of carbonyl (C=O) groups is 1. The van der Waals surface area contributed by atoms with Crippen LogP contribution in [-0.2, 0) is 0 Å². The van der Waals surface area contributed by atoms with Crippen LogP contribution in [-0.4, -0.2) is 52.2 Å². The molecule has 36 heavy (non-hydrogen) atoms. The lowest BCUT2D eigenvalue weighted by Crippen LogP contribution is -2.46. The van der Waals surface area contributed by atoms with Gasteiger partial charge in [-0.05, 0) is 67.8 Å². The number of rotatable bonds is 5. The van der Waals surface area contributed by atoms with Gasteiger partial charge in [0.25, 0.3) is 5.91 Å². The second kappa shape index (κ2) is 11.5. The molecule has 0 radical (unpaired) electrons. The molecular formula is C26H25Cl2N7O. The van der Waals surface area contributed by atoms with Gasteiger partial charge in [-0.15, -0.1) is 0 Å². The van der Waals surface area contributed by atoms with E-state index >= 15 is 0 Å². The van der Waals surface area contributed by atoms with E-state index < -0.39 is 0 Å². The summed E-state index contributed by atoms with van der Waals surface area (Å²) in [6, 6.07) is 12.8. The van der Waals surface area contributed by atoms with Crippen molar-refractivity contribution < 1.29 is 4.79 Å². The van der Waals surface area contributed by atoms with Crippen molar-refractivity contribution in [3.05, 3.63) is 79.9 Å². The molecule has 3 aromatic rings. The first-order valence-electron chi connectivity index (χ1n) is 11.6. The highest BCUT2D eigenvalue weighted by Crippen LogP contribution is 2.33. The van der Waals surface area contributed by atoms with E-state index in [2.05, 4.69) is 26.9 Å². The molecule has 0 atom stereocenters. The SMILES string of the molecule is Cc1c(C(=O)N(C)N2CCCCC2)nc(-c2ccc(Cl)cc2Cl)n1-c1ccc(C#CCN=[N+]=[N-])cc1. The minimum Gasteiger partial charge on any atom is -0.296 e. The quantitative estimate of drug-likeness (QED) is 0.171. The third-order valence-corrected chi connectivity index (χ3v) is 6.65. The molecule has 1 saturated heterocycles. The standard InChI is InChI=1S/C26H25Cl2N7O/c1-18-24(26(36)33(2)34-15-4-3-5-16-34)31-25(22-13-10-20(27)17-23(22)28)35(18)21-11-8-19(9-12-21)7-6-14-30-32-29/h8-13,17H,3-5,14-16H2,1-2H3. The van der Waals surface area contributed by atoms with Gasteiger partial charge in [0, 0.05) is 46.9 Å². The highest BCUT2D eigenvalue weighted by atomic mass is 35.5. The van der Waals surface area contributed by atoms with E-state index in [1.807, 2.05) is 35.8 Å². The van der Waals surface area contributed by atoms with Crippen LogP contribution in [0.15, 0.2) is 47.6 Å². The maximum absolute atomic E-state index is 13.6. The van der Waals surface area contributed by atoms with Gasteiger partial charge in [-0.3, -0.25) is 14.4 Å². The van der Waals surface area contributed by atoms with Crippen molar-refractivity contribution in [2.75, 3.05) is 26.7 Å². The van der Waals surface area contributed by atoms with E-state index in [9.17, 15) is 4.79 Å². The molecule has 1 aromatic heterocycles. The number of piperidine rings is 1. The van der Waals surface area contributed by atoms with E-state index in [4.69, 9.17) is 33.7 Å². The third-order valence-electron chi connectivity index (χ3n) is 6.10. The van der Waals surface area contributed by atoms with Gasteiger partial charge >= 0.3 is 0 Å². The first-order chi connectivity index (χ1) is 17.4. The molecular weight excluding hydrogens is 497 g/mol. The lowest BCUT2D eigenvalue weighted by Gasteiger charge is -2.34. The second-order valence-corrected chi connectivity index (χ2v) is 9.25. The number of amides is 1. The van der Waals surface area contributed by atoms with Crippen LogP contribution in [0, 0.1) is 18.8 Å². The summed E-state index contributed by atoms with van der Waals surface area (Å²) in [4.78, 5) is 21.1. The Hall–Kier alpha value is -3.47. The van der Waals surface area contributed by atoms with Gasteiger partial charge in [0.2, 0.25) is 0 Å². The van der Waals surface area contributed by atoms with E-state index in [0.29, 0.717) is 32.8 Å². The number of nitrogens with zero attached hydrogens (tertiary/aromatic N) is 7. The number of imidazole rings is 1. The zero-order chi connectivity index (χ0) is 25.7. The Morgan fingerprint density at radius 3 is 2.56 bits per heavy atom. The van der Waals surface area contributed by atoms with Crippen LogP contribution in [0.1, 0.15) is 41.0 Å². The van der Waals surface area contributed by atoms with Crippen molar-refractivity contribution in [2.45, 2.75) is 26.2 Å². The third kappa shape index (κ3) is 5.51. The number of aromatic nitrogens is 2. The molecule has 1 fully saturated rings. The monoisotopic (exact) mass is 521 g/mol. The zero-order valence-electron chi connectivity index (χ0n) is 20.1. The Balaban J connectivity index is 1.78. The molecule has 0 N–H and O–H groups in total. The Morgan fingerprint density at radius 1 is 1.17 bits per heavy atom. The van der Waals surface area contributed by atoms with Crippen LogP contribution < -0.4 is 0 Å². The zero-order valence-corrected chi connectivity index (χ0v) is 21.6. The number of halogens is 2. The van der Waals surface area contributed by atoms with Crippen LogP contribution in [0.25, 0.3) is 27.5 Å². The maximum atomic E-state index is 13.6. The van der Waals surface area contributed by atoms with Gasteiger partial charge in [-0.1, -0.05) is 46.6 Å². The number of benzene rings is 2. The average molecular weight is 522 g/mol. The van der Waals surface area contributed by atoms with E-state index in [0.717, 1.165) is 37.2 Å². The van der Waals surface area contributed by atoms with Crippen LogP contribution in [0.3, 0.4) is 0 Å². The first-order valence-corrected chi connectivity index (χ1v) is 12.3. The minimum absolute atomic E-state index is 0.105. The fraction of sp³-hybridized carbons (Fsp3) is 0.308. The number of carbonyl (C=O) groups excluding carboxylic acids is 1. The summed E-state index contributed by atoms with van der Waals surface area (Å²) in [6.07, 6.45) is 3.31. The Labute approximate surface area is 220 Å². The van der Waals surface area contributed by atoms with Crippen LogP contribution in [0.5, 0.6) is 0 Å². The highest BCUT2D eigenvalue weighted by molar-refractivity contribution is 6.36. The van der Waals surface area contributed by atoms with Crippen LogP contribution in [0.2, 0.25) is 10.0 Å². The Bertz CT molecular complexity index is 1380. The van der Waals surface area contributed by atoms with Gasteiger partial charge in [-0.2, -0.15) is 0 Å². The topological polar surface area (TPSA) is 90.1 Å². The summed E-state index contributed by atoms with van der Waals surface area (Å²) < 4.78 is 1.92. The van der Waals surface area contributed by atoms with Gasteiger partial charge < -0.3 is 0 Å². The summed E-state index contributed by atoms with van der Waals surface area (Å²) in [6.45, 7) is 3.68. The van der Waals surface area contributed by atoms with Crippen molar-refractivity contribution in [3.8, 4) is 28.9 Å². The molecule has 2 heterocycles. The molecule has 1 amide bonds. The lowest BCUT2D eigenvalue weighted by atomic mass is 10.1. The van der Waals surface area contributed by atoms with Crippen LogP contribution in [0.4, 0.5) is 0 Å². The molecule has 0 unspecified atom stereocenters. The van der Waals surface area contributed by atoms with Crippen molar-refractivity contribution in [3.63, 3.8) is 0 Å². The molecule has 0 spiro atoms. The minimum atomic E-state index is -0.167. The van der Waals surface area contributed by atoms with Gasteiger partial charge in [0.15, 0.2) is 5.69 Å². The van der Waals surface area contributed by atoms with Gasteiger partial charge in [0.1, 0.15) is 5.82 Å². The van der Waals surface area contributed by atoms with E-state index in [1.165, 1.54) is 6.42 Å². The Kier molecular flexibility index (Phi) is 8.19. The van der Waals surface area contributed by atoms with E-state index in [-0.39, 0.29) is 12.5 Å². The molecule has 0 saturated carbocycles. The molecule has 4 rings (SSSR count). The Morgan fingerprint density at radius 2 is 1.89 bits per heavy atom. The van der Waals surface area contributed by atoms with Gasteiger partial charge in [0.05, 0.1) is 17.3 Å². The molecule has 2 aromatic carbocycles. The first kappa shape index (κ1) is 25.6. The molecule has 8 nitrogen and oxygen atoms in total. The normalized spacial score (nSPS) is 13.4. The predicted molar refractivity (Wildman–Crippen MR) is 142 cm³/mol. The smallest absolute Gasteiger partial charge is 0.288 e. The number of azide groups is 1. The lowest BCUT2D eigenvalue weighted by molar-refractivity contribution is -0.00546. The van der Waals surface area contributed by atoms with Gasteiger partial charge in [-0.25, -0.2) is 9.99 Å².